The van der Waals surface area contributed by atoms with Crippen LogP contribution in [-0.4, -0.2) is 66.1 Å². The van der Waals surface area contributed by atoms with Crippen molar-refractivity contribution in [2.24, 2.45) is 0 Å². The lowest BCUT2D eigenvalue weighted by Gasteiger charge is -2.30. The molecule has 0 aliphatic carbocycles. The summed E-state index contributed by atoms with van der Waals surface area (Å²) in [4.78, 5) is 14.2. The first-order chi connectivity index (χ1) is 13.0. The smallest absolute Gasteiger partial charge is 0.320 e. The predicted octanol–water partition coefficient (Wildman–Crippen LogP) is 2.44. The van der Waals surface area contributed by atoms with Crippen molar-refractivity contribution >= 4 is 29.9 Å². The summed E-state index contributed by atoms with van der Waals surface area (Å²) in [5.74, 6) is 2.28. The number of carbonyl (C=O) groups is 1. The van der Waals surface area contributed by atoms with E-state index in [1.165, 1.54) is 7.11 Å². The standard InChI is InChI=1S/C17H21N3O5S2/c1-22-12-6-11(7-13(8-12)23-2)15-18-20(17(26)25-15)10-19-4-5-27-14(9-19)16(21)24-3/h6-8,14H,4-5,9-10H2,1-3H3/t14-/m0/s1. The van der Waals surface area contributed by atoms with Gasteiger partial charge in [0.1, 0.15) is 16.7 Å². The highest BCUT2D eigenvalue weighted by Crippen LogP contribution is 2.29. The summed E-state index contributed by atoms with van der Waals surface area (Å²) >= 11 is 6.92. The Hall–Kier alpha value is -2.04. The summed E-state index contributed by atoms with van der Waals surface area (Å²) < 4.78 is 22.7. The van der Waals surface area contributed by atoms with Crippen LogP contribution < -0.4 is 9.47 Å². The van der Waals surface area contributed by atoms with E-state index in [4.69, 9.17) is 30.8 Å². The Balaban J connectivity index is 1.79. The predicted molar refractivity (Wildman–Crippen MR) is 104 cm³/mol. The number of ether oxygens (including phenoxy) is 3. The molecule has 0 bridgehead atoms. The van der Waals surface area contributed by atoms with Crippen LogP contribution in [0.4, 0.5) is 0 Å². The van der Waals surface area contributed by atoms with Gasteiger partial charge in [0.2, 0.25) is 5.89 Å². The van der Waals surface area contributed by atoms with Gasteiger partial charge in [-0.2, -0.15) is 0 Å². The molecule has 1 aliphatic rings. The molecule has 1 aromatic carbocycles. The lowest BCUT2D eigenvalue weighted by atomic mass is 10.2. The van der Waals surface area contributed by atoms with Gasteiger partial charge in [0.15, 0.2) is 0 Å². The van der Waals surface area contributed by atoms with Crippen LogP contribution in [0.3, 0.4) is 0 Å². The Labute approximate surface area is 166 Å². The van der Waals surface area contributed by atoms with E-state index in [9.17, 15) is 4.79 Å². The fourth-order valence-electron chi connectivity index (χ4n) is 2.74. The van der Waals surface area contributed by atoms with Crippen molar-refractivity contribution < 1.29 is 23.4 Å². The number of esters is 1. The third-order valence-corrected chi connectivity index (χ3v) is 5.61. The minimum absolute atomic E-state index is 0.202. The molecular weight excluding hydrogens is 390 g/mol. The maximum Gasteiger partial charge on any atom is 0.320 e. The molecule has 1 aromatic heterocycles. The van der Waals surface area contributed by atoms with Crippen LogP contribution >= 0.6 is 24.0 Å². The van der Waals surface area contributed by atoms with Crippen molar-refractivity contribution in [2.75, 3.05) is 40.2 Å². The number of carbonyl (C=O) groups excluding carboxylic acids is 1. The van der Waals surface area contributed by atoms with Gasteiger partial charge in [0, 0.05) is 30.5 Å². The molecule has 2 heterocycles. The van der Waals surface area contributed by atoms with Crippen molar-refractivity contribution in [3.8, 4) is 23.0 Å². The number of benzene rings is 1. The summed E-state index contributed by atoms with van der Waals surface area (Å²) in [6, 6.07) is 5.38. The molecule has 0 radical (unpaired) electrons. The van der Waals surface area contributed by atoms with E-state index in [0.717, 1.165) is 12.3 Å². The highest BCUT2D eigenvalue weighted by molar-refractivity contribution is 8.00. The third kappa shape index (κ3) is 4.63. The molecule has 0 amide bonds. The molecule has 1 atom stereocenters. The van der Waals surface area contributed by atoms with E-state index in [0.29, 0.717) is 36.2 Å². The van der Waals surface area contributed by atoms with E-state index in [1.54, 1.807) is 48.9 Å². The van der Waals surface area contributed by atoms with Gasteiger partial charge in [-0.05, 0) is 24.4 Å². The second-order valence-electron chi connectivity index (χ2n) is 5.88. The third-order valence-electron chi connectivity index (χ3n) is 4.15. The zero-order chi connectivity index (χ0) is 19.4. The molecule has 2 aromatic rings. The molecule has 0 unspecified atom stereocenters. The average molecular weight is 412 g/mol. The van der Waals surface area contributed by atoms with E-state index in [2.05, 4.69) is 10.00 Å². The van der Waals surface area contributed by atoms with Gasteiger partial charge < -0.3 is 18.6 Å². The SMILES string of the molecule is COC(=O)[C@@H]1CN(Cn2nc(-c3cc(OC)cc(OC)c3)oc2=S)CCS1. The largest absolute Gasteiger partial charge is 0.497 e. The van der Waals surface area contributed by atoms with E-state index in [-0.39, 0.29) is 16.1 Å². The summed E-state index contributed by atoms with van der Waals surface area (Å²) in [6.45, 7) is 1.85. The van der Waals surface area contributed by atoms with E-state index < -0.39 is 0 Å². The van der Waals surface area contributed by atoms with Crippen LogP contribution in [-0.2, 0) is 16.2 Å². The molecule has 3 rings (SSSR count). The van der Waals surface area contributed by atoms with Crippen molar-refractivity contribution in [3.05, 3.63) is 23.0 Å². The Kier molecular flexibility index (Phi) is 6.40. The number of hydrogen-bond donors (Lipinski definition) is 0. The fraction of sp³-hybridized carbons (Fsp3) is 0.471. The molecule has 10 heteroatoms. The van der Waals surface area contributed by atoms with Gasteiger partial charge in [-0.25, -0.2) is 4.68 Å². The van der Waals surface area contributed by atoms with Gasteiger partial charge in [0.05, 0.1) is 28.0 Å². The van der Waals surface area contributed by atoms with Gasteiger partial charge >= 0.3 is 5.97 Å². The van der Waals surface area contributed by atoms with Gasteiger partial charge in [-0.15, -0.1) is 16.9 Å². The minimum atomic E-state index is -0.211. The molecule has 27 heavy (non-hydrogen) atoms. The zero-order valence-corrected chi connectivity index (χ0v) is 17.0. The van der Waals surface area contributed by atoms with Gasteiger partial charge in [0.25, 0.3) is 4.84 Å². The zero-order valence-electron chi connectivity index (χ0n) is 15.3. The van der Waals surface area contributed by atoms with Crippen LogP contribution in [0.1, 0.15) is 0 Å². The summed E-state index contributed by atoms with van der Waals surface area (Å²) in [5.41, 5.74) is 0.706. The lowest BCUT2D eigenvalue weighted by Crippen LogP contribution is -2.42. The second kappa shape index (κ2) is 8.77. The molecule has 8 nitrogen and oxygen atoms in total. The van der Waals surface area contributed by atoms with Crippen LogP contribution in [0.15, 0.2) is 22.6 Å². The molecular formula is C17H21N3O5S2. The lowest BCUT2D eigenvalue weighted by molar-refractivity contribution is -0.140. The summed E-state index contributed by atoms with van der Waals surface area (Å²) in [5, 5.41) is 4.28. The Morgan fingerprint density at radius 3 is 2.63 bits per heavy atom. The van der Waals surface area contributed by atoms with Crippen LogP contribution in [0.5, 0.6) is 11.5 Å². The van der Waals surface area contributed by atoms with Crippen LogP contribution in [0.25, 0.3) is 11.5 Å². The first-order valence-corrected chi connectivity index (χ1v) is 9.73. The quantitative estimate of drug-likeness (QED) is 0.526. The molecule has 1 saturated heterocycles. The summed E-state index contributed by atoms with van der Waals surface area (Å²) in [6.07, 6.45) is 0. The second-order valence-corrected chi connectivity index (χ2v) is 7.53. The molecule has 0 N–H and O–H groups in total. The van der Waals surface area contributed by atoms with Gasteiger partial charge in [-0.3, -0.25) is 9.69 Å². The number of aromatic nitrogens is 2. The van der Waals surface area contributed by atoms with E-state index >= 15 is 0 Å². The van der Waals surface area contributed by atoms with Crippen LogP contribution in [0, 0.1) is 4.84 Å². The van der Waals surface area contributed by atoms with Crippen LogP contribution in [0.2, 0.25) is 0 Å². The normalized spacial score (nSPS) is 17.5. The van der Waals surface area contributed by atoms with Crippen molar-refractivity contribution in [1.29, 1.82) is 0 Å². The molecule has 0 spiro atoms. The first-order valence-electron chi connectivity index (χ1n) is 8.27. The Morgan fingerprint density at radius 2 is 2.00 bits per heavy atom. The molecule has 146 valence electrons. The first kappa shape index (κ1) is 19.7. The minimum Gasteiger partial charge on any atom is -0.497 e. The number of hydrogen-bond acceptors (Lipinski definition) is 9. The Morgan fingerprint density at radius 1 is 1.30 bits per heavy atom. The monoisotopic (exact) mass is 411 g/mol. The summed E-state index contributed by atoms with van der Waals surface area (Å²) in [7, 11) is 4.57. The molecule has 1 aliphatic heterocycles. The highest BCUT2D eigenvalue weighted by atomic mass is 32.2. The number of rotatable bonds is 6. The topological polar surface area (TPSA) is 79.0 Å². The van der Waals surface area contributed by atoms with Crippen molar-refractivity contribution in [2.45, 2.75) is 11.9 Å². The highest BCUT2D eigenvalue weighted by Gasteiger charge is 2.27. The maximum atomic E-state index is 11.8. The van der Waals surface area contributed by atoms with E-state index in [1.807, 2.05) is 0 Å². The van der Waals surface area contributed by atoms with Crippen molar-refractivity contribution in [3.63, 3.8) is 0 Å². The number of methoxy groups -OCH3 is 3. The fourth-order valence-corrected chi connectivity index (χ4v) is 4.11. The molecule has 0 saturated carbocycles. The maximum absolute atomic E-state index is 11.8. The number of nitrogens with zero attached hydrogens (tertiary/aromatic N) is 3. The van der Waals surface area contributed by atoms with Crippen molar-refractivity contribution in [1.82, 2.24) is 14.7 Å². The Bertz CT molecular complexity index is 844. The molecule has 1 fully saturated rings. The van der Waals surface area contributed by atoms with Gasteiger partial charge in [-0.1, -0.05) is 0 Å². The average Bonchev–Trinajstić information content (AvgIpc) is 3.07. The number of thioether (sulfide) groups is 1.